The van der Waals surface area contributed by atoms with Crippen LogP contribution in [0.4, 0.5) is 11.4 Å². The molecule has 1 unspecified atom stereocenters. The van der Waals surface area contributed by atoms with Crippen molar-refractivity contribution in [1.29, 1.82) is 0 Å². The molecule has 0 saturated carbocycles. The number of benzene rings is 2. The molecule has 0 aromatic heterocycles. The zero-order valence-electron chi connectivity index (χ0n) is 12.4. The fourth-order valence-electron chi connectivity index (χ4n) is 3.18. The minimum Gasteiger partial charge on any atom is -0.323 e. The predicted octanol–water partition coefficient (Wildman–Crippen LogP) is 4.38. The van der Waals surface area contributed by atoms with E-state index in [-0.39, 0.29) is 11.8 Å². The Bertz CT molecular complexity index is 875. The Kier molecular flexibility index (Phi) is 3.86. The van der Waals surface area contributed by atoms with E-state index in [4.69, 9.17) is 11.6 Å². The van der Waals surface area contributed by atoms with E-state index in [1.807, 2.05) is 18.2 Å². The number of anilines is 2. The fraction of sp³-hybridized carbons (Fsp3) is 0.176. The van der Waals surface area contributed by atoms with E-state index in [1.165, 1.54) is 11.8 Å². The van der Waals surface area contributed by atoms with Crippen molar-refractivity contribution in [3.63, 3.8) is 0 Å². The van der Waals surface area contributed by atoms with Crippen molar-refractivity contribution >= 4 is 62.5 Å². The van der Waals surface area contributed by atoms with Gasteiger partial charge < -0.3 is 5.32 Å². The summed E-state index contributed by atoms with van der Waals surface area (Å²) in [6, 6.07) is 12.7. The van der Waals surface area contributed by atoms with E-state index >= 15 is 0 Å². The second kappa shape index (κ2) is 5.79. The lowest BCUT2D eigenvalue weighted by molar-refractivity contribution is -0.124. The van der Waals surface area contributed by atoms with Crippen molar-refractivity contribution in [2.45, 2.75) is 11.3 Å². The quantitative estimate of drug-likeness (QED) is 0.740. The monoisotopic (exact) mass is 422 g/mol. The molecule has 0 aliphatic carbocycles. The number of hydrogen-bond acceptors (Lipinski definition) is 3. The lowest BCUT2D eigenvalue weighted by atomic mass is 10.0. The van der Waals surface area contributed by atoms with Crippen LogP contribution in [-0.2, 0) is 14.5 Å². The van der Waals surface area contributed by atoms with Gasteiger partial charge >= 0.3 is 0 Å². The molecule has 122 valence electrons. The van der Waals surface area contributed by atoms with Crippen LogP contribution in [0.1, 0.15) is 12.0 Å². The predicted molar refractivity (Wildman–Crippen MR) is 100 cm³/mol. The maximum atomic E-state index is 13.0. The summed E-state index contributed by atoms with van der Waals surface area (Å²) in [6.45, 7) is 0. The van der Waals surface area contributed by atoms with Gasteiger partial charge in [0.15, 0.2) is 0 Å². The molecular formula is C17H12BrClN2O2S. The SMILES string of the molecule is O=C1CCSC2(C(=O)Nc3ccc(Br)cc32)N1c1cccc(Cl)c1. The molecule has 0 bridgehead atoms. The highest BCUT2D eigenvalue weighted by atomic mass is 79.9. The molecule has 2 aromatic carbocycles. The lowest BCUT2D eigenvalue weighted by Gasteiger charge is -2.42. The molecule has 0 radical (unpaired) electrons. The fourth-order valence-corrected chi connectivity index (χ4v) is 5.14. The smallest absolute Gasteiger partial charge is 0.266 e. The number of fused-ring (bicyclic) bond motifs is 2. The highest BCUT2D eigenvalue weighted by Crippen LogP contribution is 2.53. The topological polar surface area (TPSA) is 49.4 Å². The Balaban J connectivity index is 1.96. The van der Waals surface area contributed by atoms with Crippen molar-refractivity contribution in [1.82, 2.24) is 0 Å². The van der Waals surface area contributed by atoms with Crippen molar-refractivity contribution in [3.05, 3.63) is 57.5 Å². The number of thioether (sulfide) groups is 1. The van der Waals surface area contributed by atoms with Gasteiger partial charge in [0.2, 0.25) is 10.8 Å². The Morgan fingerprint density at radius 3 is 2.83 bits per heavy atom. The average Bonchev–Trinajstić information content (AvgIpc) is 2.80. The van der Waals surface area contributed by atoms with E-state index < -0.39 is 4.87 Å². The van der Waals surface area contributed by atoms with Gasteiger partial charge in [0.25, 0.3) is 5.91 Å². The van der Waals surface area contributed by atoms with Gasteiger partial charge in [-0.3, -0.25) is 14.5 Å². The number of hydrogen-bond donors (Lipinski definition) is 1. The third-order valence-corrected chi connectivity index (χ3v) is 6.30. The standard InChI is InChI=1S/C17H12BrClN2O2S/c18-10-4-5-14-13(8-10)17(16(23)20-14)21(15(22)6-7-24-17)12-3-1-2-11(19)9-12/h1-5,8-9H,6-7H2,(H,20,23). The van der Waals surface area contributed by atoms with Crippen LogP contribution in [0.15, 0.2) is 46.9 Å². The minimum absolute atomic E-state index is 0.0843. The number of carbonyl (C=O) groups excluding carboxylic acids is 2. The Morgan fingerprint density at radius 1 is 1.21 bits per heavy atom. The van der Waals surface area contributed by atoms with Gasteiger partial charge in [0, 0.05) is 38.6 Å². The first-order valence-corrected chi connectivity index (χ1v) is 9.52. The molecule has 1 N–H and O–H groups in total. The summed E-state index contributed by atoms with van der Waals surface area (Å²) in [4.78, 5) is 26.2. The zero-order valence-corrected chi connectivity index (χ0v) is 15.5. The van der Waals surface area contributed by atoms with Gasteiger partial charge in [-0.05, 0) is 36.4 Å². The molecule has 4 rings (SSSR count). The molecule has 2 amide bonds. The summed E-state index contributed by atoms with van der Waals surface area (Å²) in [5.41, 5.74) is 2.15. The number of carbonyl (C=O) groups is 2. The number of halogens is 2. The molecule has 1 fully saturated rings. The molecule has 4 nitrogen and oxygen atoms in total. The molecule has 2 aromatic rings. The summed E-state index contributed by atoms with van der Waals surface area (Å²) in [7, 11) is 0. The normalized spacial score (nSPS) is 22.7. The Hall–Kier alpha value is -1.50. The van der Waals surface area contributed by atoms with E-state index in [2.05, 4.69) is 21.2 Å². The zero-order chi connectivity index (χ0) is 16.9. The van der Waals surface area contributed by atoms with Gasteiger partial charge in [0.05, 0.1) is 0 Å². The Morgan fingerprint density at radius 2 is 2.04 bits per heavy atom. The van der Waals surface area contributed by atoms with Crippen LogP contribution in [0, 0.1) is 0 Å². The number of nitrogens with one attached hydrogen (secondary N) is 1. The second-order valence-corrected chi connectivity index (χ2v) is 8.24. The van der Waals surface area contributed by atoms with Crippen molar-refractivity contribution in [2.24, 2.45) is 0 Å². The van der Waals surface area contributed by atoms with Crippen molar-refractivity contribution in [2.75, 3.05) is 16.0 Å². The molecule has 1 atom stereocenters. The molecule has 2 aliphatic rings. The second-order valence-electron chi connectivity index (χ2n) is 5.60. The summed E-state index contributed by atoms with van der Waals surface area (Å²) in [5, 5.41) is 3.44. The van der Waals surface area contributed by atoms with Crippen LogP contribution < -0.4 is 10.2 Å². The summed E-state index contributed by atoms with van der Waals surface area (Å²) >= 11 is 11.1. The van der Waals surface area contributed by atoms with Crippen LogP contribution in [-0.4, -0.2) is 17.6 Å². The van der Waals surface area contributed by atoms with E-state index in [1.54, 1.807) is 29.2 Å². The maximum Gasteiger partial charge on any atom is 0.266 e. The molecular weight excluding hydrogens is 412 g/mol. The number of nitrogens with zero attached hydrogens (tertiary/aromatic N) is 1. The van der Waals surface area contributed by atoms with E-state index in [0.29, 0.717) is 22.9 Å². The van der Waals surface area contributed by atoms with Gasteiger partial charge in [-0.1, -0.05) is 33.6 Å². The lowest BCUT2D eigenvalue weighted by Crippen LogP contribution is -2.54. The first kappa shape index (κ1) is 16.0. The van der Waals surface area contributed by atoms with E-state index in [0.717, 1.165) is 15.7 Å². The third-order valence-electron chi connectivity index (χ3n) is 4.16. The number of amides is 2. The minimum atomic E-state index is -1.10. The summed E-state index contributed by atoms with van der Waals surface area (Å²) in [6.07, 6.45) is 0.384. The molecule has 24 heavy (non-hydrogen) atoms. The van der Waals surface area contributed by atoms with E-state index in [9.17, 15) is 9.59 Å². The third kappa shape index (κ3) is 2.28. The van der Waals surface area contributed by atoms with Gasteiger partial charge in [-0.2, -0.15) is 0 Å². The van der Waals surface area contributed by atoms with Crippen LogP contribution in [0.25, 0.3) is 0 Å². The van der Waals surface area contributed by atoms with Crippen molar-refractivity contribution < 1.29 is 9.59 Å². The Labute approximate surface area is 156 Å². The van der Waals surface area contributed by atoms with Gasteiger partial charge in [0.1, 0.15) is 0 Å². The van der Waals surface area contributed by atoms with Crippen LogP contribution in [0.2, 0.25) is 5.02 Å². The van der Waals surface area contributed by atoms with Gasteiger partial charge in [-0.25, -0.2) is 0 Å². The first-order valence-electron chi connectivity index (χ1n) is 7.36. The summed E-state index contributed by atoms with van der Waals surface area (Å²) < 4.78 is 0.863. The first-order chi connectivity index (χ1) is 11.5. The molecule has 1 spiro atoms. The highest BCUT2D eigenvalue weighted by Gasteiger charge is 2.56. The highest BCUT2D eigenvalue weighted by molar-refractivity contribution is 9.10. The molecule has 1 saturated heterocycles. The van der Waals surface area contributed by atoms with Crippen molar-refractivity contribution in [3.8, 4) is 0 Å². The largest absolute Gasteiger partial charge is 0.323 e. The summed E-state index contributed by atoms with van der Waals surface area (Å²) in [5.74, 6) is 0.308. The van der Waals surface area contributed by atoms with Crippen LogP contribution in [0.5, 0.6) is 0 Å². The van der Waals surface area contributed by atoms with Crippen LogP contribution >= 0.6 is 39.3 Å². The van der Waals surface area contributed by atoms with Crippen LogP contribution in [0.3, 0.4) is 0 Å². The number of rotatable bonds is 1. The molecule has 2 heterocycles. The maximum absolute atomic E-state index is 13.0. The average molecular weight is 424 g/mol. The van der Waals surface area contributed by atoms with Gasteiger partial charge in [-0.15, -0.1) is 11.8 Å². The molecule has 7 heteroatoms. The molecule has 2 aliphatic heterocycles.